The van der Waals surface area contributed by atoms with Gasteiger partial charge in [0.2, 0.25) is 0 Å². The molecule has 0 aliphatic heterocycles. The molecule has 0 aliphatic carbocycles. The van der Waals surface area contributed by atoms with Crippen LogP contribution in [0.5, 0.6) is 0 Å². The molecule has 0 aliphatic rings. The zero-order valence-electron chi connectivity index (χ0n) is 10.1. The van der Waals surface area contributed by atoms with Crippen LogP contribution in [0.4, 0.5) is 5.69 Å². The SMILES string of the molecule is CC(C)(N)CNC(=O)c1cc([N+](=O)[O-])ccc1Br. The Morgan fingerprint density at radius 3 is 2.67 bits per heavy atom. The van der Waals surface area contributed by atoms with Crippen LogP contribution in [-0.2, 0) is 0 Å². The highest BCUT2D eigenvalue weighted by molar-refractivity contribution is 9.10. The van der Waals surface area contributed by atoms with Gasteiger partial charge in [0.1, 0.15) is 0 Å². The molecule has 1 aromatic carbocycles. The van der Waals surface area contributed by atoms with Crippen LogP contribution in [0.2, 0.25) is 0 Å². The van der Waals surface area contributed by atoms with Crippen molar-refractivity contribution in [3.63, 3.8) is 0 Å². The third-order valence-corrected chi connectivity index (χ3v) is 2.80. The van der Waals surface area contributed by atoms with Gasteiger partial charge in [0.25, 0.3) is 11.6 Å². The molecule has 0 aromatic heterocycles. The van der Waals surface area contributed by atoms with Gasteiger partial charge in [0.05, 0.1) is 10.5 Å². The molecule has 98 valence electrons. The second-order valence-electron chi connectivity index (χ2n) is 4.59. The van der Waals surface area contributed by atoms with E-state index in [1.807, 2.05) is 0 Å². The number of benzene rings is 1. The second-order valence-corrected chi connectivity index (χ2v) is 5.45. The molecule has 7 heteroatoms. The van der Waals surface area contributed by atoms with Crippen LogP contribution in [-0.4, -0.2) is 22.9 Å². The van der Waals surface area contributed by atoms with Gasteiger partial charge in [-0.1, -0.05) is 0 Å². The number of amides is 1. The zero-order valence-corrected chi connectivity index (χ0v) is 11.7. The predicted molar refractivity (Wildman–Crippen MR) is 71.4 cm³/mol. The summed E-state index contributed by atoms with van der Waals surface area (Å²) in [6.45, 7) is 3.83. The maximum atomic E-state index is 11.9. The molecule has 0 saturated carbocycles. The number of nitrogens with zero attached hydrogens (tertiary/aromatic N) is 1. The predicted octanol–water partition coefficient (Wildman–Crippen LogP) is 1.82. The number of non-ortho nitro benzene ring substituents is 1. The van der Waals surface area contributed by atoms with E-state index in [0.717, 1.165) is 0 Å². The fourth-order valence-electron chi connectivity index (χ4n) is 1.20. The van der Waals surface area contributed by atoms with Crippen molar-refractivity contribution in [2.75, 3.05) is 6.54 Å². The highest BCUT2D eigenvalue weighted by Gasteiger charge is 2.17. The molecule has 6 nitrogen and oxygen atoms in total. The Morgan fingerprint density at radius 2 is 2.17 bits per heavy atom. The molecule has 3 N–H and O–H groups in total. The van der Waals surface area contributed by atoms with E-state index < -0.39 is 16.4 Å². The average Bonchev–Trinajstić information content (AvgIpc) is 2.25. The van der Waals surface area contributed by atoms with Gasteiger partial charge < -0.3 is 11.1 Å². The Kier molecular flexibility index (Phi) is 4.42. The molecule has 1 rings (SSSR count). The van der Waals surface area contributed by atoms with Crippen molar-refractivity contribution in [2.45, 2.75) is 19.4 Å². The Hall–Kier alpha value is -1.47. The van der Waals surface area contributed by atoms with Gasteiger partial charge in [0.15, 0.2) is 0 Å². The third kappa shape index (κ3) is 4.08. The summed E-state index contributed by atoms with van der Waals surface area (Å²) >= 11 is 3.19. The molecule has 1 aromatic rings. The number of halogens is 1. The number of nitro benzene ring substituents is 1. The van der Waals surface area contributed by atoms with Crippen LogP contribution in [0.3, 0.4) is 0 Å². The Balaban J connectivity index is 2.91. The molecule has 0 radical (unpaired) electrons. The first-order chi connectivity index (χ1) is 8.20. The van der Waals surface area contributed by atoms with E-state index in [0.29, 0.717) is 4.47 Å². The minimum absolute atomic E-state index is 0.129. The highest BCUT2D eigenvalue weighted by atomic mass is 79.9. The van der Waals surface area contributed by atoms with E-state index in [1.165, 1.54) is 18.2 Å². The minimum atomic E-state index is -0.546. The summed E-state index contributed by atoms with van der Waals surface area (Å²) in [5, 5.41) is 13.3. The maximum Gasteiger partial charge on any atom is 0.270 e. The smallest absolute Gasteiger partial charge is 0.270 e. The van der Waals surface area contributed by atoms with Crippen LogP contribution < -0.4 is 11.1 Å². The van der Waals surface area contributed by atoms with E-state index in [9.17, 15) is 14.9 Å². The molecule has 0 spiro atoms. The molecule has 0 heterocycles. The van der Waals surface area contributed by atoms with Crippen molar-refractivity contribution >= 4 is 27.5 Å². The van der Waals surface area contributed by atoms with Gasteiger partial charge in [0, 0.05) is 28.7 Å². The summed E-state index contributed by atoms with van der Waals surface area (Å²) in [6.07, 6.45) is 0. The van der Waals surface area contributed by atoms with E-state index in [2.05, 4.69) is 21.2 Å². The fourth-order valence-corrected chi connectivity index (χ4v) is 1.63. The minimum Gasteiger partial charge on any atom is -0.350 e. The number of hydrogen-bond donors (Lipinski definition) is 2. The fraction of sp³-hybridized carbons (Fsp3) is 0.364. The standard InChI is InChI=1S/C11H14BrN3O3/c1-11(2,13)6-14-10(16)8-5-7(15(17)18)3-4-9(8)12/h3-5H,6,13H2,1-2H3,(H,14,16). The Bertz CT molecular complexity index is 483. The quantitative estimate of drug-likeness (QED) is 0.654. The second kappa shape index (κ2) is 5.45. The van der Waals surface area contributed by atoms with Gasteiger partial charge in [-0.2, -0.15) is 0 Å². The highest BCUT2D eigenvalue weighted by Crippen LogP contribution is 2.22. The van der Waals surface area contributed by atoms with Gasteiger partial charge >= 0.3 is 0 Å². The van der Waals surface area contributed by atoms with Crippen molar-refractivity contribution in [3.8, 4) is 0 Å². The molecular formula is C11H14BrN3O3. The molecule has 0 bridgehead atoms. The summed E-state index contributed by atoms with van der Waals surface area (Å²) < 4.78 is 0.500. The largest absolute Gasteiger partial charge is 0.350 e. The summed E-state index contributed by atoms with van der Waals surface area (Å²) in [7, 11) is 0. The van der Waals surface area contributed by atoms with Crippen LogP contribution in [0, 0.1) is 10.1 Å². The lowest BCUT2D eigenvalue weighted by atomic mass is 10.1. The molecule has 0 saturated heterocycles. The van der Waals surface area contributed by atoms with Crippen LogP contribution in [0.15, 0.2) is 22.7 Å². The number of hydrogen-bond acceptors (Lipinski definition) is 4. The van der Waals surface area contributed by atoms with Crippen molar-refractivity contribution in [2.24, 2.45) is 5.73 Å². The third-order valence-electron chi connectivity index (χ3n) is 2.11. The molecule has 0 unspecified atom stereocenters. The number of carbonyl (C=O) groups is 1. The van der Waals surface area contributed by atoms with Gasteiger partial charge in [-0.3, -0.25) is 14.9 Å². The Labute approximate surface area is 113 Å². The van der Waals surface area contributed by atoms with Crippen molar-refractivity contribution in [1.29, 1.82) is 0 Å². The zero-order chi connectivity index (χ0) is 13.9. The maximum absolute atomic E-state index is 11.9. The van der Waals surface area contributed by atoms with E-state index in [-0.39, 0.29) is 17.8 Å². The lowest BCUT2D eigenvalue weighted by molar-refractivity contribution is -0.384. The average molecular weight is 316 g/mol. The van der Waals surface area contributed by atoms with Crippen molar-refractivity contribution < 1.29 is 9.72 Å². The van der Waals surface area contributed by atoms with E-state index >= 15 is 0 Å². The first kappa shape index (κ1) is 14.6. The summed E-state index contributed by atoms with van der Waals surface area (Å²) in [4.78, 5) is 22.0. The number of nitrogens with two attached hydrogens (primary N) is 1. The van der Waals surface area contributed by atoms with Gasteiger partial charge in [-0.15, -0.1) is 0 Å². The van der Waals surface area contributed by atoms with Crippen LogP contribution in [0.25, 0.3) is 0 Å². The normalized spacial score (nSPS) is 11.1. The number of carbonyl (C=O) groups excluding carboxylic acids is 1. The summed E-state index contributed by atoms with van der Waals surface area (Å²) in [5.41, 5.74) is 5.29. The summed E-state index contributed by atoms with van der Waals surface area (Å²) in [5.74, 6) is -0.399. The lowest BCUT2D eigenvalue weighted by Crippen LogP contribution is -2.45. The Morgan fingerprint density at radius 1 is 1.56 bits per heavy atom. The van der Waals surface area contributed by atoms with Gasteiger partial charge in [-0.05, 0) is 35.8 Å². The van der Waals surface area contributed by atoms with E-state index in [1.54, 1.807) is 13.8 Å². The van der Waals surface area contributed by atoms with Crippen molar-refractivity contribution in [1.82, 2.24) is 5.32 Å². The molecule has 1 amide bonds. The summed E-state index contributed by atoms with van der Waals surface area (Å²) in [6, 6.07) is 4.03. The first-order valence-corrected chi connectivity index (χ1v) is 6.01. The van der Waals surface area contributed by atoms with Crippen LogP contribution >= 0.6 is 15.9 Å². The number of rotatable bonds is 4. The molecule has 0 fully saturated rings. The molecular weight excluding hydrogens is 302 g/mol. The van der Waals surface area contributed by atoms with Crippen molar-refractivity contribution in [3.05, 3.63) is 38.3 Å². The first-order valence-electron chi connectivity index (χ1n) is 5.22. The topological polar surface area (TPSA) is 98.3 Å². The van der Waals surface area contributed by atoms with E-state index in [4.69, 9.17) is 5.73 Å². The monoisotopic (exact) mass is 315 g/mol. The number of nitrogens with one attached hydrogen (secondary N) is 1. The molecule has 18 heavy (non-hydrogen) atoms. The molecule has 0 atom stereocenters. The number of nitro groups is 1. The van der Waals surface area contributed by atoms with Crippen LogP contribution in [0.1, 0.15) is 24.2 Å². The lowest BCUT2D eigenvalue weighted by Gasteiger charge is -2.19. The van der Waals surface area contributed by atoms with Gasteiger partial charge in [-0.25, -0.2) is 0 Å².